The number of nitrogens with one attached hydrogen (secondary N) is 1. The highest BCUT2D eigenvalue weighted by atomic mass is 32.1. The van der Waals surface area contributed by atoms with Gasteiger partial charge in [-0.3, -0.25) is 4.98 Å². The topological polar surface area (TPSA) is 24.9 Å². The maximum atomic E-state index is 4.26. The molecule has 1 aromatic carbocycles. The molecule has 0 spiro atoms. The van der Waals surface area contributed by atoms with Gasteiger partial charge in [-0.2, -0.15) is 0 Å². The zero-order valence-corrected chi connectivity index (χ0v) is 12.6. The molecular weight excluding hydrogens is 264 g/mol. The zero-order valence-electron chi connectivity index (χ0n) is 11.8. The van der Waals surface area contributed by atoms with E-state index in [1.807, 2.05) is 23.7 Å². The minimum absolute atomic E-state index is 0.516. The van der Waals surface area contributed by atoms with Crippen LogP contribution < -0.4 is 5.32 Å². The van der Waals surface area contributed by atoms with E-state index in [0.717, 1.165) is 6.54 Å². The van der Waals surface area contributed by atoms with Crippen molar-refractivity contribution in [3.05, 3.63) is 53.7 Å². The van der Waals surface area contributed by atoms with Gasteiger partial charge in [0.15, 0.2) is 0 Å². The van der Waals surface area contributed by atoms with Crippen molar-refractivity contribution >= 4 is 22.1 Å². The Bertz CT molecular complexity index is 710. The van der Waals surface area contributed by atoms with Crippen molar-refractivity contribution in [2.24, 2.45) is 0 Å². The smallest absolute Gasteiger partial charge is 0.0352 e. The third-order valence-electron chi connectivity index (χ3n) is 3.30. The Kier molecular flexibility index (Phi) is 3.81. The fourth-order valence-electron chi connectivity index (χ4n) is 2.25. The summed E-state index contributed by atoms with van der Waals surface area (Å²) in [6.07, 6.45) is 3.80. The Morgan fingerprint density at radius 3 is 2.90 bits per heavy atom. The molecular formula is C17H18N2S. The number of thiophene rings is 1. The molecule has 3 aromatic rings. The molecule has 0 aliphatic heterocycles. The van der Waals surface area contributed by atoms with Gasteiger partial charge in [0.1, 0.15) is 0 Å². The van der Waals surface area contributed by atoms with Gasteiger partial charge in [-0.15, -0.1) is 11.3 Å². The Morgan fingerprint density at radius 2 is 2.05 bits per heavy atom. The third-order valence-corrected chi connectivity index (χ3v) is 4.41. The Morgan fingerprint density at radius 1 is 1.15 bits per heavy atom. The minimum Gasteiger partial charge on any atom is -0.310 e. The first kappa shape index (κ1) is 13.3. The number of fused-ring (bicyclic) bond motifs is 1. The molecule has 0 aliphatic carbocycles. The van der Waals surface area contributed by atoms with E-state index in [0.29, 0.717) is 6.04 Å². The van der Waals surface area contributed by atoms with Crippen LogP contribution in [0.1, 0.15) is 18.7 Å². The van der Waals surface area contributed by atoms with E-state index in [1.54, 1.807) is 0 Å². The quantitative estimate of drug-likeness (QED) is 0.764. The summed E-state index contributed by atoms with van der Waals surface area (Å²) in [4.78, 5) is 6.94. The lowest BCUT2D eigenvalue weighted by molar-refractivity contribution is 0.593. The van der Waals surface area contributed by atoms with Crippen molar-refractivity contribution in [2.45, 2.75) is 26.4 Å². The van der Waals surface area contributed by atoms with Crippen molar-refractivity contribution in [3.8, 4) is 10.4 Å². The second-order valence-corrected chi connectivity index (χ2v) is 6.37. The van der Waals surface area contributed by atoms with Gasteiger partial charge in [-0.05, 0) is 23.6 Å². The lowest BCUT2D eigenvalue weighted by Gasteiger charge is -2.06. The molecule has 0 bridgehead atoms. The molecule has 0 atom stereocenters. The Hall–Kier alpha value is -1.71. The molecule has 0 aliphatic rings. The van der Waals surface area contributed by atoms with Crippen molar-refractivity contribution in [2.75, 3.05) is 0 Å². The first-order valence-corrected chi connectivity index (χ1v) is 7.71. The van der Waals surface area contributed by atoms with Crippen LogP contribution in [0.25, 0.3) is 21.2 Å². The zero-order chi connectivity index (χ0) is 13.9. The van der Waals surface area contributed by atoms with Gasteiger partial charge < -0.3 is 5.32 Å². The highest BCUT2D eigenvalue weighted by Crippen LogP contribution is 2.33. The van der Waals surface area contributed by atoms with Gasteiger partial charge in [0.2, 0.25) is 0 Å². The highest BCUT2D eigenvalue weighted by Gasteiger charge is 2.07. The molecule has 0 unspecified atom stereocenters. The fourth-order valence-corrected chi connectivity index (χ4v) is 3.25. The SMILES string of the molecule is CC(C)NCc1ccc(-c2cccc3ccncc23)s1. The summed E-state index contributed by atoms with van der Waals surface area (Å²) in [6, 6.07) is 13.4. The van der Waals surface area contributed by atoms with Gasteiger partial charge in [0, 0.05) is 45.7 Å². The molecule has 2 aromatic heterocycles. The lowest BCUT2D eigenvalue weighted by atomic mass is 10.1. The number of benzene rings is 1. The van der Waals surface area contributed by atoms with E-state index in [4.69, 9.17) is 0 Å². The summed E-state index contributed by atoms with van der Waals surface area (Å²) in [5, 5.41) is 5.93. The Balaban J connectivity index is 1.95. The predicted octanol–water partition coefficient (Wildman–Crippen LogP) is 4.46. The average molecular weight is 282 g/mol. The fraction of sp³-hybridized carbons (Fsp3) is 0.235. The minimum atomic E-state index is 0.516. The van der Waals surface area contributed by atoms with E-state index in [-0.39, 0.29) is 0 Å². The van der Waals surface area contributed by atoms with Crippen LogP contribution in [0.5, 0.6) is 0 Å². The first-order valence-electron chi connectivity index (χ1n) is 6.89. The first-order chi connectivity index (χ1) is 9.74. The molecule has 3 heteroatoms. The molecule has 0 radical (unpaired) electrons. The van der Waals surface area contributed by atoms with Crippen LogP contribution in [0.2, 0.25) is 0 Å². The van der Waals surface area contributed by atoms with Crippen molar-refractivity contribution in [3.63, 3.8) is 0 Å². The van der Waals surface area contributed by atoms with Crippen molar-refractivity contribution in [1.29, 1.82) is 0 Å². The lowest BCUT2D eigenvalue weighted by Crippen LogP contribution is -2.21. The molecule has 0 saturated carbocycles. The van der Waals surface area contributed by atoms with E-state index >= 15 is 0 Å². The van der Waals surface area contributed by atoms with E-state index in [9.17, 15) is 0 Å². The van der Waals surface area contributed by atoms with E-state index in [2.05, 4.69) is 60.5 Å². The summed E-state index contributed by atoms with van der Waals surface area (Å²) in [6.45, 7) is 5.28. The number of aromatic nitrogens is 1. The van der Waals surface area contributed by atoms with Crippen molar-refractivity contribution < 1.29 is 0 Å². The largest absolute Gasteiger partial charge is 0.310 e. The average Bonchev–Trinajstić information content (AvgIpc) is 2.93. The number of pyridine rings is 1. The van der Waals surface area contributed by atoms with Gasteiger partial charge in [0.05, 0.1) is 0 Å². The molecule has 2 heterocycles. The maximum Gasteiger partial charge on any atom is 0.0352 e. The molecule has 102 valence electrons. The van der Waals surface area contributed by atoms with Gasteiger partial charge in [0.25, 0.3) is 0 Å². The molecule has 0 amide bonds. The normalized spacial score (nSPS) is 11.3. The van der Waals surface area contributed by atoms with Gasteiger partial charge in [-0.25, -0.2) is 0 Å². The monoisotopic (exact) mass is 282 g/mol. The molecule has 0 fully saturated rings. The van der Waals surface area contributed by atoms with E-state index in [1.165, 1.54) is 26.1 Å². The number of hydrogen-bond acceptors (Lipinski definition) is 3. The maximum absolute atomic E-state index is 4.26. The van der Waals surface area contributed by atoms with Crippen LogP contribution in [0, 0.1) is 0 Å². The summed E-state index contributed by atoms with van der Waals surface area (Å²) in [5.41, 5.74) is 1.27. The van der Waals surface area contributed by atoms with Crippen LogP contribution in [-0.2, 0) is 6.54 Å². The van der Waals surface area contributed by atoms with E-state index < -0.39 is 0 Å². The summed E-state index contributed by atoms with van der Waals surface area (Å²) in [5.74, 6) is 0. The molecule has 0 saturated heterocycles. The molecule has 2 nitrogen and oxygen atoms in total. The number of nitrogens with zero attached hydrogens (tertiary/aromatic N) is 1. The van der Waals surface area contributed by atoms with Crippen LogP contribution in [0.4, 0.5) is 0 Å². The summed E-state index contributed by atoms with van der Waals surface area (Å²) >= 11 is 1.85. The third kappa shape index (κ3) is 2.74. The molecule has 3 rings (SSSR count). The van der Waals surface area contributed by atoms with Gasteiger partial charge in [-0.1, -0.05) is 32.0 Å². The number of rotatable bonds is 4. The molecule has 1 N–H and O–H groups in total. The molecule has 20 heavy (non-hydrogen) atoms. The van der Waals surface area contributed by atoms with Crippen LogP contribution in [0.15, 0.2) is 48.8 Å². The highest BCUT2D eigenvalue weighted by molar-refractivity contribution is 7.15. The van der Waals surface area contributed by atoms with Crippen LogP contribution >= 0.6 is 11.3 Å². The van der Waals surface area contributed by atoms with Crippen LogP contribution in [0.3, 0.4) is 0 Å². The van der Waals surface area contributed by atoms with Crippen LogP contribution in [-0.4, -0.2) is 11.0 Å². The second kappa shape index (κ2) is 5.73. The predicted molar refractivity (Wildman–Crippen MR) is 87.0 cm³/mol. The number of hydrogen-bond donors (Lipinski definition) is 1. The standard InChI is InChI=1S/C17H18N2S/c1-12(2)19-10-14-6-7-17(20-14)15-5-3-4-13-8-9-18-11-16(13)15/h3-9,11-12,19H,10H2,1-2H3. The van der Waals surface area contributed by atoms with Gasteiger partial charge >= 0.3 is 0 Å². The summed E-state index contributed by atoms with van der Waals surface area (Å²) in [7, 11) is 0. The Labute approximate surface area is 123 Å². The summed E-state index contributed by atoms with van der Waals surface area (Å²) < 4.78 is 0. The second-order valence-electron chi connectivity index (χ2n) is 5.20. The van der Waals surface area contributed by atoms with Crippen molar-refractivity contribution in [1.82, 2.24) is 10.3 Å².